The van der Waals surface area contributed by atoms with Crippen LogP contribution in [0.2, 0.25) is 0 Å². The molecule has 0 aromatic rings. The van der Waals surface area contributed by atoms with Crippen LogP contribution in [-0.4, -0.2) is 59.8 Å². The van der Waals surface area contributed by atoms with Crippen molar-refractivity contribution in [2.24, 2.45) is 0 Å². The third kappa shape index (κ3) is 2.61. The Morgan fingerprint density at radius 2 is 1.36 bits per heavy atom. The van der Waals surface area contributed by atoms with E-state index >= 15 is 0 Å². The first kappa shape index (κ1) is 14.7. The van der Waals surface area contributed by atoms with Gasteiger partial charge in [0.2, 0.25) is 5.78 Å². The van der Waals surface area contributed by atoms with Crippen molar-refractivity contribution in [3.05, 3.63) is 23.3 Å². The molecule has 0 aromatic carbocycles. The molecule has 4 rings (SSSR count). The van der Waals surface area contributed by atoms with Crippen molar-refractivity contribution in [3.8, 4) is 0 Å². The topological polar surface area (TPSA) is 33.6 Å². The van der Waals surface area contributed by atoms with Gasteiger partial charge in [-0.15, -0.1) is 5.16 Å². The molecule has 0 spiro atoms. The minimum Gasteiger partial charge on any atom is -0.370 e. The molecule has 0 radical (unpaired) electrons. The summed E-state index contributed by atoms with van der Waals surface area (Å²) in [7, 11) is -0.793. The van der Waals surface area contributed by atoms with E-state index in [4.69, 9.17) is 5.16 Å². The Morgan fingerprint density at radius 3 is 2.00 bits per heavy atom. The van der Waals surface area contributed by atoms with Gasteiger partial charge in [-0.2, -0.15) is 0 Å². The monoisotopic (exact) mass is 319 g/mol. The van der Waals surface area contributed by atoms with Crippen LogP contribution in [0.3, 0.4) is 0 Å². The van der Waals surface area contributed by atoms with Crippen LogP contribution in [-0.2, 0) is 0 Å². The molecule has 120 valence electrons. The van der Waals surface area contributed by atoms with Crippen molar-refractivity contribution in [2.75, 3.05) is 39.3 Å². The van der Waals surface area contributed by atoms with Crippen molar-refractivity contribution < 1.29 is 0 Å². The predicted molar refractivity (Wildman–Crippen MR) is 92.0 cm³/mol. The third-order valence-electron chi connectivity index (χ3n) is 5.54. The highest BCUT2D eigenvalue weighted by atomic mass is 31.1. The van der Waals surface area contributed by atoms with Crippen LogP contribution in [0, 0.1) is 5.16 Å². The van der Waals surface area contributed by atoms with Crippen LogP contribution < -0.4 is 0 Å². The number of hydrogen-bond donors (Lipinski definition) is 1. The number of rotatable bonds is 3. The minimum atomic E-state index is -0.793. The summed E-state index contributed by atoms with van der Waals surface area (Å²) in [6.07, 6.45) is 10.2. The lowest BCUT2D eigenvalue weighted by Gasteiger charge is -2.35. The van der Waals surface area contributed by atoms with Crippen molar-refractivity contribution in [1.29, 1.82) is 5.16 Å². The second-order valence-corrected chi connectivity index (χ2v) is 8.60. The highest BCUT2D eigenvalue weighted by molar-refractivity contribution is 7.50. The number of nitrogens with zero attached hydrogens (tertiary/aromatic N) is 3. The second-order valence-electron chi connectivity index (χ2n) is 7.00. The quantitative estimate of drug-likeness (QED) is 0.807. The van der Waals surface area contributed by atoms with Crippen LogP contribution in [0.15, 0.2) is 23.3 Å². The Bertz CT molecular complexity index is 495. The van der Waals surface area contributed by atoms with Crippen LogP contribution in [0.25, 0.3) is 0 Å². The van der Waals surface area contributed by atoms with E-state index in [9.17, 15) is 0 Å². The van der Waals surface area contributed by atoms with Gasteiger partial charge in [-0.1, -0.05) is 0 Å². The first-order valence-electron chi connectivity index (χ1n) is 9.00. The average Bonchev–Trinajstić information content (AvgIpc) is 3.28. The van der Waals surface area contributed by atoms with Gasteiger partial charge in [0.25, 0.3) is 7.71 Å². The van der Waals surface area contributed by atoms with Gasteiger partial charge in [0.1, 0.15) is 11.5 Å². The van der Waals surface area contributed by atoms with Crippen molar-refractivity contribution in [1.82, 2.24) is 14.7 Å². The Morgan fingerprint density at radius 1 is 0.818 bits per heavy atom. The molecular weight excluding hydrogens is 291 g/mol. The Kier molecular flexibility index (Phi) is 4.23. The molecule has 5 heteroatoms. The molecule has 3 saturated heterocycles. The van der Waals surface area contributed by atoms with E-state index in [1.807, 2.05) is 0 Å². The van der Waals surface area contributed by atoms with E-state index < -0.39 is 7.71 Å². The first-order chi connectivity index (χ1) is 10.8. The summed E-state index contributed by atoms with van der Waals surface area (Å²) in [6.45, 7) is 7.21. The summed E-state index contributed by atoms with van der Waals surface area (Å²) in [5, 5.41) is 8.71. The maximum atomic E-state index is 8.71. The van der Waals surface area contributed by atoms with E-state index in [-0.39, 0.29) is 0 Å². The smallest absolute Gasteiger partial charge is 0.252 e. The zero-order chi connectivity index (χ0) is 14.9. The molecule has 0 saturated carbocycles. The molecule has 0 bridgehead atoms. The molecule has 4 nitrogen and oxygen atoms in total. The van der Waals surface area contributed by atoms with E-state index in [0.717, 1.165) is 0 Å². The fourth-order valence-corrected chi connectivity index (χ4v) is 6.03. The fraction of sp³-hybridized carbons (Fsp3) is 0.765. The SMILES string of the molecule is N=[P+]1C=CC(N2CCCC2)=C(N2CCCC2)C1N1CCCC1. The minimum absolute atomic E-state index is 0.358. The molecule has 0 aliphatic carbocycles. The second kappa shape index (κ2) is 6.33. The molecule has 2 atom stereocenters. The third-order valence-corrected chi connectivity index (χ3v) is 7.11. The molecule has 4 aliphatic rings. The highest BCUT2D eigenvalue weighted by Crippen LogP contribution is 2.46. The van der Waals surface area contributed by atoms with Gasteiger partial charge in [0.15, 0.2) is 0 Å². The zero-order valence-corrected chi connectivity index (χ0v) is 14.4. The van der Waals surface area contributed by atoms with E-state index in [1.165, 1.54) is 89.2 Å². The first-order valence-corrected chi connectivity index (χ1v) is 10.5. The van der Waals surface area contributed by atoms with Gasteiger partial charge in [-0.25, -0.2) is 0 Å². The van der Waals surface area contributed by atoms with Gasteiger partial charge in [-0.05, 0) is 38.5 Å². The lowest BCUT2D eigenvalue weighted by molar-refractivity contribution is 0.271. The predicted octanol–water partition coefficient (Wildman–Crippen LogP) is 3.58. The van der Waals surface area contributed by atoms with E-state index in [2.05, 4.69) is 26.6 Å². The molecule has 0 aromatic heterocycles. The van der Waals surface area contributed by atoms with Gasteiger partial charge >= 0.3 is 0 Å². The highest BCUT2D eigenvalue weighted by Gasteiger charge is 2.43. The molecule has 0 amide bonds. The molecular formula is C17H28N4P+. The normalized spacial score (nSPS) is 31.8. The Balaban J connectivity index is 1.73. The Hall–Kier alpha value is -0.860. The molecule has 4 aliphatic heterocycles. The summed E-state index contributed by atoms with van der Waals surface area (Å²) in [4.78, 5) is 7.84. The van der Waals surface area contributed by atoms with Gasteiger partial charge in [0, 0.05) is 45.3 Å². The zero-order valence-electron chi connectivity index (χ0n) is 13.5. The summed E-state index contributed by atoms with van der Waals surface area (Å²) in [5.74, 6) is 2.57. The summed E-state index contributed by atoms with van der Waals surface area (Å²) in [5.41, 5.74) is 2.98. The van der Waals surface area contributed by atoms with Gasteiger partial charge in [0.05, 0.1) is 5.70 Å². The summed E-state index contributed by atoms with van der Waals surface area (Å²) in [6, 6.07) is 0. The fourth-order valence-electron chi connectivity index (χ4n) is 4.43. The number of allylic oxidation sites excluding steroid dienone is 1. The lowest BCUT2D eigenvalue weighted by Crippen LogP contribution is -2.41. The maximum absolute atomic E-state index is 8.71. The van der Waals surface area contributed by atoms with Crippen LogP contribution in [0.4, 0.5) is 0 Å². The van der Waals surface area contributed by atoms with E-state index in [1.54, 1.807) is 0 Å². The maximum Gasteiger partial charge on any atom is 0.252 e. The van der Waals surface area contributed by atoms with Crippen molar-refractivity contribution >= 4 is 7.71 Å². The van der Waals surface area contributed by atoms with Crippen LogP contribution >= 0.6 is 7.71 Å². The standard InChI is InChI=1S/C17H28N4P/c18-22-14-7-15(19-8-1-2-9-19)16(20-10-3-4-11-20)17(22)21-12-5-6-13-21/h7,14,17-18H,1-6,8-13H2/q+1. The van der Waals surface area contributed by atoms with Gasteiger partial charge < -0.3 is 9.80 Å². The summed E-state index contributed by atoms with van der Waals surface area (Å²) < 4.78 is 0. The molecule has 3 fully saturated rings. The molecule has 22 heavy (non-hydrogen) atoms. The van der Waals surface area contributed by atoms with Crippen LogP contribution in [0.1, 0.15) is 38.5 Å². The number of nitrogens with one attached hydrogen (secondary N) is 1. The van der Waals surface area contributed by atoms with Crippen molar-refractivity contribution in [2.45, 2.75) is 44.3 Å². The largest absolute Gasteiger partial charge is 0.370 e. The lowest BCUT2D eigenvalue weighted by atomic mass is 10.2. The van der Waals surface area contributed by atoms with Crippen molar-refractivity contribution in [3.63, 3.8) is 0 Å². The Labute approximate surface area is 135 Å². The number of hydrogen-bond acceptors (Lipinski definition) is 4. The molecule has 2 unspecified atom stereocenters. The van der Waals surface area contributed by atoms with Gasteiger partial charge in [-0.3, -0.25) is 4.90 Å². The van der Waals surface area contributed by atoms with Crippen LogP contribution in [0.5, 0.6) is 0 Å². The molecule has 4 heterocycles. The summed E-state index contributed by atoms with van der Waals surface area (Å²) >= 11 is 0. The number of likely N-dealkylation sites (tertiary alicyclic amines) is 3. The van der Waals surface area contributed by atoms with E-state index in [0.29, 0.717) is 5.78 Å². The molecule has 1 N–H and O–H groups in total. The average molecular weight is 319 g/mol.